The third-order valence-corrected chi connectivity index (χ3v) is 12.4. The average molecular weight is 802 g/mol. The molecule has 1 unspecified atom stereocenters. The lowest BCUT2D eigenvalue weighted by molar-refractivity contribution is -0.384. The Labute approximate surface area is 341 Å². The summed E-state index contributed by atoms with van der Waals surface area (Å²) in [6.07, 6.45) is 13.6. The van der Waals surface area contributed by atoms with Crippen LogP contribution in [0.3, 0.4) is 0 Å². The van der Waals surface area contributed by atoms with Gasteiger partial charge in [0.05, 0.1) is 35.8 Å². The number of fused-ring (bicyclic) bond motifs is 2. The molecule has 13 nitrogen and oxygen atoms in total. The van der Waals surface area contributed by atoms with Crippen LogP contribution in [-0.2, 0) is 19.1 Å². The number of aliphatic hydroxyl groups is 2. The molecule has 3 aliphatic carbocycles. The van der Waals surface area contributed by atoms with Gasteiger partial charge in [0.1, 0.15) is 23.3 Å². The van der Waals surface area contributed by atoms with E-state index < -0.39 is 29.0 Å². The number of rotatable bonds is 20. The number of ether oxygens (including phenoxy) is 4. The number of carbonyl (C=O) groups is 1. The van der Waals surface area contributed by atoms with Crippen molar-refractivity contribution in [2.75, 3.05) is 33.0 Å². The van der Waals surface area contributed by atoms with Gasteiger partial charge in [0.2, 0.25) is 18.0 Å². The molecule has 5 aliphatic rings. The van der Waals surface area contributed by atoms with E-state index in [1.807, 2.05) is 17.0 Å². The zero-order valence-electron chi connectivity index (χ0n) is 33.7. The van der Waals surface area contributed by atoms with Crippen LogP contribution in [0, 0.1) is 33.8 Å². The standard InChI is InChI=1S/C45H59N3O10/c1-3-21-47(44(51)30-17-18-30)40-29-38(46-58-41-16-7-10-25-54-41)36-26-31(12-5-8-22-49)35(15-6-9-23-50)42-37-28-34(56-33-14-11-13-32(27-33)48(52)53)19-20-39(37)57-45(40,43(36)42)55-24-4-2/h4,11,13-14,19-20,26-28,30-31,35,40-43,49-50H,2-3,5-10,12,15-18,21-25,29H2,1H3/t31-,35+,40-,41?,42+,43+,45+/m0/s1. The Kier molecular flexibility index (Phi) is 13.8. The van der Waals surface area contributed by atoms with Crippen molar-refractivity contribution in [2.24, 2.45) is 28.8 Å². The number of aliphatic hydroxyl groups excluding tert-OH is 2. The number of carbonyl (C=O) groups excluding carboxylic acids is 1. The van der Waals surface area contributed by atoms with Crippen LogP contribution in [0.25, 0.3) is 0 Å². The summed E-state index contributed by atoms with van der Waals surface area (Å²) in [6, 6.07) is 11.2. The maximum Gasteiger partial charge on any atom is 0.273 e. The molecule has 0 aromatic heterocycles. The quantitative estimate of drug-likeness (QED) is 0.0578. The number of benzene rings is 2. The summed E-state index contributed by atoms with van der Waals surface area (Å²) in [5, 5.41) is 36.3. The minimum absolute atomic E-state index is 0.0408. The molecule has 0 bridgehead atoms. The van der Waals surface area contributed by atoms with Crippen LogP contribution >= 0.6 is 0 Å². The predicted octanol–water partition coefficient (Wildman–Crippen LogP) is 8.20. The Morgan fingerprint density at radius 3 is 2.57 bits per heavy atom. The summed E-state index contributed by atoms with van der Waals surface area (Å²) in [7, 11) is 0. The molecular weight excluding hydrogens is 743 g/mol. The van der Waals surface area contributed by atoms with E-state index in [1.54, 1.807) is 24.3 Å². The molecule has 2 N–H and O–H groups in total. The summed E-state index contributed by atoms with van der Waals surface area (Å²) in [5.74, 6) is -0.372. The fraction of sp³-hybridized carbons (Fsp3) is 0.600. The normalized spacial score (nSPS) is 28.1. The third-order valence-electron chi connectivity index (χ3n) is 12.4. The fourth-order valence-corrected chi connectivity index (χ4v) is 9.65. The molecule has 2 aromatic rings. The minimum Gasteiger partial charge on any atom is -0.459 e. The number of oxime groups is 1. The van der Waals surface area contributed by atoms with Crippen molar-refractivity contribution in [3.63, 3.8) is 0 Å². The van der Waals surface area contributed by atoms with Crippen molar-refractivity contribution in [1.29, 1.82) is 0 Å². The zero-order valence-corrected chi connectivity index (χ0v) is 33.7. The van der Waals surface area contributed by atoms with Gasteiger partial charge < -0.3 is 38.9 Å². The Balaban J connectivity index is 1.42. The monoisotopic (exact) mass is 801 g/mol. The Bertz CT molecular complexity index is 1820. The summed E-state index contributed by atoms with van der Waals surface area (Å²) in [6.45, 7) is 7.60. The second-order valence-corrected chi connectivity index (χ2v) is 16.3. The van der Waals surface area contributed by atoms with E-state index in [9.17, 15) is 25.1 Å². The Morgan fingerprint density at radius 1 is 1.07 bits per heavy atom. The molecule has 2 heterocycles. The molecule has 314 valence electrons. The molecule has 7 atom stereocenters. The largest absolute Gasteiger partial charge is 0.459 e. The summed E-state index contributed by atoms with van der Waals surface area (Å²) >= 11 is 0. The Hall–Kier alpha value is -4.30. The van der Waals surface area contributed by atoms with Crippen LogP contribution in [0.1, 0.15) is 102 Å². The van der Waals surface area contributed by atoms with Crippen LogP contribution in [0.4, 0.5) is 5.69 Å². The van der Waals surface area contributed by atoms with Crippen molar-refractivity contribution in [2.45, 2.75) is 114 Å². The number of nitro benzene ring substituents is 1. The highest BCUT2D eigenvalue weighted by molar-refractivity contribution is 6.03. The van der Waals surface area contributed by atoms with E-state index >= 15 is 0 Å². The smallest absolute Gasteiger partial charge is 0.273 e. The predicted molar refractivity (Wildman–Crippen MR) is 218 cm³/mol. The van der Waals surface area contributed by atoms with Crippen molar-refractivity contribution in [3.05, 3.63) is 82.4 Å². The van der Waals surface area contributed by atoms with Crippen molar-refractivity contribution < 1.29 is 43.7 Å². The second kappa shape index (κ2) is 19.2. The molecule has 2 saturated carbocycles. The third kappa shape index (κ3) is 8.97. The lowest BCUT2D eigenvalue weighted by Gasteiger charge is -2.60. The van der Waals surface area contributed by atoms with Crippen LogP contribution in [0.15, 0.2) is 71.9 Å². The van der Waals surface area contributed by atoms with Crippen LogP contribution in [0.5, 0.6) is 17.2 Å². The van der Waals surface area contributed by atoms with Crippen LogP contribution < -0.4 is 9.47 Å². The number of hydrogen-bond donors (Lipinski definition) is 2. The van der Waals surface area contributed by atoms with E-state index in [0.717, 1.165) is 81.1 Å². The van der Waals surface area contributed by atoms with Crippen molar-refractivity contribution in [1.82, 2.24) is 4.90 Å². The van der Waals surface area contributed by atoms with Gasteiger partial charge in [0.15, 0.2) is 0 Å². The van der Waals surface area contributed by atoms with Crippen LogP contribution in [0.2, 0.25) is 0 Å². The van der Waals surface area contributed by atoms with Gasteiger partial charge in [-0.1, -0.05) is 43.1 Å². The van der Waals surface area contributed by atoms with E-state index in [0.29, 0.717) is 49.7 Å². The number of hydrogen-bond acceptors (Lipinski definition) is 11. The maximum absolute atomic E-state index is 14.4. The molecule has 1 saturated heterocycles. The van der Waals surface area contributed by atoms with E-state index in [-0.39, 0.29) is 55.1 Å². The summed E-state index contributed by atoms with van der Waals surface area (Å²) in [5.41, 5.74) is 2.54. The molecule has 0 spiro atoms. The van der Waals surface area contributed by atoms with Gasteiger partial charge in [-0.05, 0) is 99.5 Å². The van der Waals surface area contributed by atoms with Gasteiger partial charge in [0, 0.05) is 56.1 Å². The molecule has 7 rings (SSSR count). The number of unbranched alkanes of at least 4 members (excludes halogenated alkanes) is 2. The number of non-ortho nitro benzene ring substituents is 1. The van der Waals surface area contributed by atoms with Gasteiger partial charge >= 0.3 is 0 Å². The maximum atomic E-state index is 14.4. The number of nitro groups is 1. The highest BCUT2D eigenvalue weighted by atomic mass is 16.8. The molecule has 2 aromatic carbocycles. The van der Waals surface area contributed by atoms with Gasteiger partial charge in [0.25, 0.3) is 5.69 Å². The van der Waals surface area contributed by atoms with Crippen molar-refractivity contribution in [3.8, 4) is 17.2 Å². The highest BCUT2D eigenvalue weighted by Gasteiger charge is 2.65. The second-order valence-electron chi connectivity index (χ2n) is 16.3. The SMILES string of the molecule is C=CCO[C@@]12Oc3ccc(Oc4cccc([N+](=O)[O-])c4)cc3[C@H]3[C@H](CCCCO)[C@@H](CCCCO)C=C(C(=NOC4CCCCO4)C[C@@H]1N(CCC)C(=O)C1CC1)[C@H]32. The molecule has 13 heteroatoms. The minimum atomic E-state index is -1.33. The lowest BCUT2D eigenvalue weighted by atomic mass is 9.55. The Morgan fingerprint density at radius 2 is 1.86 bits per heavy atom. The van der Waals surface area contributed by atoms with Crippen LogP contribution in [-0.4, -0.2) is 82.7 Å². The number of nitrogens with zero attached hydrogens (tertiary/aromatic N) is 3. The van der Waals surface area contributed by atoms with Crippen molar-refractivity contribution >= 4 is 17.3 Å². The molecule has 3 fully saturated rings. The molecular formula is C45H59N3O10. The first-order chi connectivity index (χ1) is 28.3. The van der Waals surface area contributed by atoms with Gasteiger partial charge in [-0.25, -0.2) is 0 Å². The summed E-state index contributed by atoms with van der Waals surface area (Å²) in [4.78, 5) is 33.8. The average Bonchev–Trinajstić information content (AvgIpc) is 4.09. The molecule has 58 heavy (non-hydrogen) atoms. The number of allylic oxidation sites excluding steroid dienone is 1. The molecule has 1 amide bonds. The highest BCUT2D eigenvalue weighted by Crippen LogP contribution is 2.62. The summed E-state index contributed by atoms with van der Waals surface area (Å²) < 4.78 is 26.7. The topological polar surface area (TPSA) is 162 Å². The first-order valence-electron chi connectivity index (χ1n) is 21.4. The first-order valence-corrected chi connectivity index (χ1v) is 21.4. The lowest BCUT2D eigenvalue weighted by Crippen LogP contribution is -2.70. The molecule has 2 aliphatic heterocycles. The molecule has 0 radical (unpaired) electrons. The van der Waals surface area contributed by atoms with E-state index in [4.69, 9.17) is 28.9 Å². The van der Waals surface area contributed by atoms with Gasteiger partial charge in [-0.2, -0.15) is 0 Å². The van der Waals surface area contributed by atoms with E-state index in [2.05, 4.69) is 19.6 Å². The van der Waals surface area contributed by atoms with Gasteiger partial charge in [-0.15, -0.1) is 6.58 Å². The number of amides is 1. The zero-order chi connectivity index (χ0) is 40.6. The van der Waals surface area contributed by atoms with E-state index in [1.165, 1.54) is 12.1 Å². The van der Waals surface area contributed by atoms with Gasteiger partial charge in [-0.3, -0.25) is 14.9 Å². The fourth-order valence-electron chi connectivity index (χ4n) is 9.65. The first kappa shape index (κ1) is 41.8.